The van der Waals surface area contributed by atoms with E-state index in [0.717, 1.165) is 0 Å². The molecule has 3 nitrogen and oxygen atoms in total. The van der Waals surface area contributed by atoms with Gasteiger partial charge >= 0.3 is 6.98 Å². The molecule has 3 rings (SSSR count). The number of fused-ring (bicyclic) bond motifs is 3. The van der Waals surface area contributed by atoms with Crippen LogP contribution in [0.4, 0.5) is 5.69 Å². The van der Waals surface area contributed by atoms with Crippen molar-refractivity contribution < 1.29 is 0 Å². The van der Waals surface area contributed by atoms with E-state index >= 15 is 0 Å². The van der Waals surface area contributed by atoms with Crippen LogP contribution in [0.15, 0.2) is 24.3 Å². The summed E-state index contributed by atoms with van der Waals surface area (Å²) in [6.07, 6.45) is 4.21. The fraction of sp³-hybridized carbons (Fsp3) is 0.700. The van der Waals surface area contributed by atoms with Crippen molar-refractivity contribution in [3.8, 4) is 0 Å². The lowest BCUT2D eigenvalue weighted by molar-refractivity contribution is 0.253. The molecule has 2 heterocycles. The van der Waals surface area contributed by atoms with Gasteiger partial charge in [-0.15, -0.1) is 0 Å². The number of rotatable bonds is 3. The van der Waals surface area contributed by atoms with Crippen LogP contribution in [0.2, 0.25) is 13.6 Å². The summed E-state index contributed by atoms with van der Waals surface area (Å²) >= 11 is 0. The van der Waals surface area contributed by atoms with Crippen molar-refractivity contribution in [2.24, 2.45) is 0 Å². The Morgan fingerprint density at radius 1 is 1.04 bits per heavy atom. The third-order valence-electron chi connectivity index (χ3n) is 5.89. The van der Waals surface area contributed by atoms with E-state index in [4.69, 9.17) is 0 Å². The van der Waals surface area contributed by atoms with Crippen molar-refractivity contribution in [2.45, 2.75) is 79.1 Å². The Balaban J connectivity index is 0.000000701. The van der Waals surface area contributed by atoms with Crippen LogP contribution >= 0.6 is 0 Å². The van der Waals surface area contributed by atoms with Gasteiger partial charge in [-0.3, -0.25) is 0 Å². The van der Waals surface area contributed by atoms with Crippen molar-refractivity contribution in [1.82, 2.24) is 9.53 Å². The standard InChI is InChI=1S/C17H29B2N3.C3H8/c1-7-8-13-21-18(4)20(6)16-17(2,3)14-11-9-10-12-15(14)22(16)19(21)5;1-3-2/h9-12,16H,7-8,13H2,1-6H3;3H2,1-2H3. The first-order chi connectivity index (χ1) is 11.8. The molecule has 0 aliphatic carbocycles. The van der Waals surface area contributed by atoms with E-state index in [1.165, 1.54) is 37.1 Å². The summed E-state index contributed by atoms with van der Waals surface area (Å²) in [5, 5.41) is 0. The van der Waals surface area contributed by atoms with E-state index in [9.17, 15) is 0 Å². The largest absolute Gasteiger partial charge is 0.386 e. The number of benzene rings is 1. The Kier molecular flexibility index (Phi) is 6.67. The number of nitrogens with zero attached hydrogens (tertiary/aromatic N) is 3. The summed E-state index contributed by atoms with van der Waals surface area (Å²) in [7, 11) is 2.29. The number of likely N-dealkylation sites (N-methyl/N-ethyl adjacent to an activating group) is 1. The molecule has 0 spiro atoms. The molecule has 1 aromatic rings. The third kappa shape index (κ3) is 3.50. The lowest BCUT2D eigenvalue weighted by Gasteiger charge is -2.54. The van der Waals surface area contributed by atoms with Crippen LogP contribution in [0.25, 0.3) is 0 Å². The molecule has 0 saturated carbocycles. The first kappa shape index (κ1) is 20.4. The van der Waals surface area contributed by atoms with Crippen LogP contribution in [-0.4, -0.2) is 43.3 Å². The maximum absolute atomic E-state index is 2.65. The maximum atomic E-state index is 2.65. The quantitative estimate of drug-likeness (QED) is 0.731. The Bertz CT molecular complexity index is 564. The average molecular weight is 341 g/mol. The lowest BCUT2D eigenvalue weighted by Crippen LogP contribution is -2.74. The highest BCUT2D eigenvalue weighted by Crippen LogP contribution is 2.48. The molecular weight excluding hydrogens is 304 g/mol. The van der Waals surface area contributed by atoms with Crippen LogP contribution in [0, 0.1) is 0 Å². The van der Waals surface area contributed by atoms with Gasteiger partial charge in [0, 0.05) is 11.1 Å². The number of anilines is 1. The predicted molar refractivity (Wildman–Crippen MR) is 114 cm³/mol. The number of unbranched alkanes of at least 4 members (excludes halogenated alkanes) is 1. The zero-order chi connectivity index (χ0) is 18.8. The molecule has 2 aliphatic rings. The Morgan fingerprint density at radius 3 is 2.24 bits per heavy atom. The van der Waals surface area contributed by atoms with E-state index < -0.39 is 0 Å². The average Bonchev–Trinajstić information content (AvgIpc) is 2.82. The minimum Gasteiger partial charge on any atom is -0.386 e. The topological polar surface area (TPSA) is 9.72 Å². The molecule has 1 unspecified atom stereocenters. The lowest BCUT2D eigenvalue weighted by atomic mass is 9.55. The van der Waals surface area contributed by atoms with Gasteiger partial charge in [-0.1, -0.05) is 79.3 Å². The van der Waals surface area contributed by atoms with Crippen molar-refractivity contribution in [3.63, 3.8) is 0 Å². The summed E-state index contributed by atoms with van der Waals surface area (Å²) in [5.74, 6) is 0. The molecule has 0 N–H and O–H groups in total. The van der Waals surface area contributed by atoms with Crippen LogP contribution in [0.3, 0.4) is 0 Å². The van der Waals surface area contributed by atoms with Gasteiger partial charge in [-0.05, 0) is 31.6 Å². The molecule has 25 heavy (non-hydrogen) atoms. The van der Waals surface area contributed by atoms with E-state index in [-0.39, 0.29) is 5.41 Å². The van der Waals surface area contributed by atoms with Gasteiger partial charge in [0.1, 0.15) is 0 Å². The maximum Gasteiger partial charge on any atom is 0.330 e. The summed E-state index contributed by atoms with van der Waals surface area (Å²) in [4.78, 5) is 5.21. The van der Waals surface area contributed by atoms with Crippen LogP contribution < -0.4 is 4.81 Å². The molecule has 0 radical (unpaired) electrons. The molecule has 1 aromatic carbocycles. The zero-order valence-electron chi connectivity index (χ0n) is 17.7. The molecule has 0 bridgehead atoms. The molecule has 0 aromatic heterocycles. The number of hydrogen-bond donors (Lipinski definition) is 0. The smallest absolute Gasteiger partial charge is 0.330 e. The van der Waals surface area contributed by atoms with E-state index in [0.29, 0.717) is 20.1 Å². The molecule has 1 fully saturated rings. The second kappa shape index (κ2) is 8.18. The number of hydrogen-bond acceptors (Lipinski definition) is 3. The summed E-state index contributed by atoms with van der Waals surface area (Å²) in [5.41, 5.74) is 3.07. The van der Waals surface area contributed by atoms with Crippen LogP contribution in [0.5, 0.6) is 0 Å². The molecule has 0 amide bonds. The van der Waals surface area contributed by atoms with Gasteiger partial charge in [0.2, 0.25) is 0 Å². The second-order valence-electron chi connectivity index (χ2n) is 8.25. The molecule has 138 valence electrons. The van der Waals surface area contributed by atoms with Crippen molar-refractivity contribution in [1.29, 1.82) is 0 Å². The monoisotopic (exact) mass is 341 g/mol. The highest BCUT2D eigenvalue weighted by atomic mass is 15.4. The Labute approximate surface area is 157 Å². The van der Waals surface area contributed by atoms with Gasteiger partial charge in [-0.25, -0.2) is 0 Å². The van der Waals surface area contributed by atoms with Gasteiger partial charge in [0.05, 0.1) is 6.17 Å². The van der Waals surface area contributed by atoms with E-state index in [2.05, 4.69) is 93.9 Å². The zero-order valence-corrected chi connectivity index (χ0v) is 17.7. The Hall–Kier alpha value is -0.930. The molecular formula is C20H37B2N3. The molecule has 1 saturated heterocycles. The molecule has 2 aliphatic heterocycles. The minimum atomic E-state index is 0.157. The molecule has 5 heteroatoms. The van der Waals surface area contributed by atoms with Crippen molar-refractivity contribution in [2.75, 3.05) is 18.4 Å². The summed E-state index contributed by atoms with van der Waals surface area (Å²) in [6.45, 7) is 18.2. The van der Waals surface area contributed by atoms with E-state index in [1.807, 2.05) is 0 Å². The van der Waals surface area contributed by atoms with Gasteiger partial charge in [0.15, 0.2) is 0 Å². The summed E-state index contributed by atoms with van der Waals surface area (Å²) in [6, 6.07) is 8.98. The normalized spacial score (nSPS) is 22.4. The van der Waals surface area contributed by atoms with Gasteiger partial charge < -0.3 is 14.3 Å². The first-order valence-electron chi connectivity index (χ1n) is 10.2. The van der Waals surface area contributed by atoms with Crippen LogP contribution in [0.1, 0.15) is 59.4 Å². The fourth-order valence-electron chi connectivity index (χ4n) is 4.60. The highest BCUT2D eigenvalue weighted by molar-refractivity contribution is 6.74. The summed E-state index contributed by atoms with van der Waals surface area (Å²) < 4.78 is 2.65. The second-order valence-corrected chi connectivity index (χ2v) is 8.25. The van der Waals surface area contributed by atoms with Gasteiger partial charge in [0.25, 0.3) is 6.98 Å². The highest BCUT2D eigenvalue weighted by Gasteiger charge is 2.55. The molecule has 1 atom stereocenters. The van der Waals surface area contributed by atoms with Crippen LogP contribution in [-0.2, 0) is 5.41 Å². The van der Waals surface area contributed by atoms with Gasteiger partial charge in [-0.2, -0.15) is 0 Å². The predicted octanol–water partition coefficient (Wildman–Crippen LogP) is 4.81. The SMILES string of the molecule is CCC.CCCCN1B(C)N(C)C2N(B1C)c1ccccc1C2(C)C. The number of para-hydroxylation sites is 1. The first-order valence-corrected chi connectivity index (χ1v) is 10.2. The fourth-order valence-corrected chi connectivity index (χ4v) is 4.60. The Morgan fingerprint density at radius 2 is 1.64 bits per heavy atom. The third-order valence-corrected chi connectivity index (χ3v) is 5.89. The van der Waals surface area contributed by atoms with E-state index in [1.54, 1.807) is 0 Å². The van der Waals surface area contributed by atoms with Crippen molar-refractivity contribution in [3.05, 3.63) is 29.8 Å². The minimum absolute atomic E-state index is 0.157. The van der Waals surface area contributed by atoms with Crippen molar-refractivity contribution >= 4 is 19.7 Å².